The first kappa shape index (κ1) is 30.5. The number of nitrogens with zero attached hydrogens (tertiary/aromatic N) is 2. The van der Waals surface area contributed by atoms with Gasteiger partial charge in [0.15, 0.2) is 5.84 Å². The fraction of sp³-hybridized carbons (Fsp3) is 0.679. The summed E-state index contributed by atoms with van der Waals surface area (Å²) in [4.78, 5) is 35.9. The third-order valence-electron chi connectivity index (χ3n) is 6.30. The molecule has 0 aromatic heterocycles. The molecule has 1 aromatic carbocycles. The van der Waals surface area contributed by atoms with Gasteiger partial charge in [0.25, 0.3) is 0 Å². The topological polar surface area (TPSA) is 131 Å². The zero-order chi connectivity index (χ0) is 29.0. The summed E-state index contributed by atoms with van der Waals surface area (Å²) in [6.07, 6.45) is 0.654. The van der Waals surface area contributed by atoms with Crippen LogP contribution in [-0.4, -0.2) is 70.7 Å². The van der Waals surface area contributed by atoms with Crippen LogP contribution >= 0.6 is 0 Å². The SMILES string of the molecule is CC(CC1CN(C(=O)OC(C)(C)C)C1)N=C(NO)c1ccc2c(c1)CCC(C(C)ONC(=O)OC(C)(C)C)O2. The molecular weight excluding hydrogens is 504 g/mol. The number of benzene rings is 1. The largest absolute Gasteiger partial charge is 0.487 e. The zero-order valence-corrected chi connectivity index (χ0v) is 24.4. The second-order valence-electron chi connectivity index (χ2n) is 12.4. The fourth-order valence-corrected chi connectivity index (χ4v) is 4.52. The minimum absolute atomic E-state index is 0.0578. The summed E-state index contributed by atoms with van der Waals surface area (Å²) >= 11 is 0. The molecule has 2 aliphatic rings. The van der Waals surface area contributed by atoms with Crippen molar-refractivity contribution in [2.45, 2.75) is 104 Å². The van der Waals surface area contributed by atoms with Gasteiger partial charge in [0.1, 0.15) is 29.2 Å². The average Bonchev–Trinajstić information content (AvgIpc) is 2.80. The van der Waals surface area contributed by atoms with Crippen LogP contribution in [0.15, 0.2) is 23.2 Å². The van der Waals surface area contributed by atoms with Crippen molar-refractivity contribution in [1.82, 2.24) is 15.9 Å². The maximum atomic E-state index is 12.2. The predicted octanol–water partition coefficient (Wildman–Crippen LogP) is 4.60. The van der Waals surface area contributed by atoms with Crippen LogP contribution in [0.4, 0.5) is 9.59 Å². The first-order valence-electron chi connectivity index (χ1n) is 13.5. The van der Waals surface area contributed by atoms with Crippen molar-refractivity contribution in [2.24, 2.45) is 10.9 Å². The molecule has 11 nitrogen and oxygen atoms in total. The molecule has 39 heavy (non-hydrogen) atoms. The quantitative estimate of drug-likeness (QED) is 0.256. The summed E-state index contributed by atoms with van der Waals surface area (Å²) in [5.74, 6) is 1.44. The lowest BCUT2D eigenvalue weighted by Gasteiger charge is -2.40. The fourth-order valence-electron chi connectivity index (χ4n) is 4.52. The molecular formula is C28H44N4O7. The number of amidine groups is 1. The Balaban J connectivity index is 1.52. The molecule has 11 heteroatoms. The third kappa shape index (κ3) is 9.28. The molecule has 0 saturated carbocycles. The lowest BCUT2D eigenvalue weighted by Crippen LogP contribution is -2.52. The second-order valence-corrected chi connectivity index (χ2v) is 12.4. The van der Waals surface area contributed by atoms with E-state index >= 15 is 0 Å². The van der Waals surface area contributed by atoms with Crippen LogP contribution in [0.2, 0.25) is 0 Å². The average molecular weight is 549 g/mol. The molecule has 3 atom stereocenters. The number of carbonyl (C=O) groups is 2. The van der Waals surface area contributed by atoms with Gasteiger partial charge in [0.2, 0.25) is 0 Å². The number of ether oxygens (including phenoxy) is 3. The minimum atomic E-state index is -0.648. The van der Waals surface area contributed by atoms with E-state index in [0.717, 1.165) is 29.7 Å². The van der Waals surface area contributed by atoms with E-state index in [9.17, 15) is 14.8 Å². The number of nitrogens with one attached hydrogen (secondary N) is 2. The van der Waals surface area contributed by atoms with Crippen molar-refractivity contribution in [2.75, 3.05) is 13.1 Å². The molecule has 3 N–H and O–H groups in total. The number of aliphatic imine (C=N–C) groups is 1. The van der Waals surface area contributed by atoms with Gasteiger partial charge in [0.05, 0.1) is 0 Å². The summed E-state index contributed by atoms with van der Waals surface area (Å²) < 4.78 is 16.7. The normalized spacial score (nSPS) is 19.7. The molecule has 3 unspecified atom stereocenters. The van der Waals surface area contributed by atoms with Gasteiger partial charge in [0, 0.05) is 24.7 Å². The number of rotatable bonds is 7. The van der Waals surface area contributed by atoms with Gasteiger partial charge in [-0.05, 0) is 104 Å². The summed E-state index contributed by atoms with van der Waals surface area (Å²) in [5.41, 5.74) is 5.20. The molecule has 0 bridgehead atoms. The van der Waals surface area contributed by atoms with Gasteiger partial charge in [-0.25, -0.2) is 9.59 Å². The first-order valence-corrected chi connectivity index (χ1v) is 13.5. The van der Waals surface area contributed by atoms with E-state index in [0.29, 0.717) is 31.3 Å². The standard InChI is InChI=1S/C28H44N4O7/c1-17(13-19-15-32(16-19)26(34)38-28(6,7)8)29-24(30-35)21-10-12-23-20(14-21)9-11-22(36-23)18(2)39-31-25(33)37-27(3,4)5/h10,12,14,17-19,22,35H,9,11,13,15-16H2,1-8H3,(H,29,30)(H,31,33). The summed E-state index contributed by atoms with van der Waals surface area (Å²) in [6, 6.07) is 5.59. The van der Waals surface area contributed by atoms with Gasteiger partial charge in [-0.3, -0.25) is 20.5 Å². The van der Waals surface area contributed by atoms with E-state index in [4.69, 9.17) is 19.0 Å². The first-order chi connectivity index (χ1) is 18.1. The van der Waals surface area contributed by atoms with Crippen molar-refractivity contribution >= 4 is 18.0 Å². The van der Waals surface area contributed by atoms with Crippen molar-refractivity contribution < 1.29 is 33.8 Å². The molecule has 2 amide bonds. The van der Waals surface area contributed by atoms with Crippen LogP contribution in [0.25, 0.3) is 0 Å². The predicted molar refractivity (Wildman–Crippen MR) is 146 cm³/mol. The lowest BCUT2D eigenvalue weighted by atomic mass is 9.93. The number of hydrogen-bond acceptors (Lipinski definition) is 8. The molecule has 0 radical (unpaired) electrons. The van der Waals surface area contributed by atoms with Crippen LogP contribution in [0.3, 0.4) is 0 Å². The Bertz CT molecular complexity index is 1040. The molecule has 218 valence electrons. The van der Waals surface area contributed by atoms with Crippen LogP contribution < -0.4 is 15.7 Å². The van der Waals surface area contributed by atoms with Gasteiger partial charge in [-0.2, -0.15) is 5.48 Å². The maximum absolute atomic E-state index is 12.2. The van der Waals surface area contributed by atoms with Crippen LogP contribution in [0.5, 0.6) is 5.75 Å². The Morgan fingerprint density at radius 2 is 1.79 bits per heavy atom. The monoisotopic (exact) mass is 548 g/mol. The lowest BCUT2D eigenvalue weighted by molar-refractivity contribution is -0.0775. The van der Waals surface area contributed by atoms with Gasteiger partial charge >= 0.3 is 12.2 Å². The van der Waals surface area contributed by atoms with Crippen molar-refractivity contribution in [3.05, 3.63) is 29.3 Å². The van der Waals surface area contributed by atoms with E-state index < -0.39 is 17.3 Å². The number of carbonyl (C=O) groups excluding carboxylic acids is 2. The Hall–Kier alpha value is -3.05. The summed E-state index contributed by atoms with van der Waals surface area (Å²) in [5, 5.41) is 9.81. The zero-order valence-electron chi connectivity index (χ0n) is 24.4. The van der Waals surface area contributed by atoms with Crippen molar-refractivity contribution in [3.63, 3.8) is 0 Å². The number of hydrogen-bond donors (Lipinski definition) is 3. The molecule has 2 aliphatic heterocycles. The Morgan fingerprint density at radius 1 is 1.13 bits per heavy atom. The van der Waals surface area contributed by atoms with Gasteiger partial charge < -0.3 is 19.1 Å². The van der Waals surface area contributed by atoms with E-state index in [1.54, 1.807) is 25.7 Å². The number of likely N-dealkylation sites (tertiary alicyclic amines) is 1. The van der Waals surface area contributed by atoms with Crippen molar-refractivity contribution in [1.29, 1.82) is 0 Å². The highest BCUT2D eigenvalue weighted by atomic mass is 16.7. The van der Waals surface area contributed by atoms with E-state index in [-0.39, 0.29) is 24.3 Å². The van der Waals surface area contributed by atoms with E-state index in [1.165, 1.54) is 0 Å². The highest BCUT2D eigenvalue weighted by Gasteiger charge is 2.34. The summed E-state index contributed by atoms with van der Waals surface area (Å²) in [6.45, 7) is 16.0. The minimum Gasteiger partial charge on any atom is -0.487 e. The van der Waals surface area contributed by atoms with Crippen LogP contribution in [0.1, 0.15) is 79.4 Å². The molecule has 0 aliphatic carbocycles. The number of fused-ring (bicyclic) bond motifs is 1. The second kappa shape index (κ2) is 12.4. The molecule has 0 spiro atoms. The Labute approximate surface area is 231 Å². The maximum Gasteiger partial charge on any atom is 0.431 e. The van der Waals surface area contributed by atoms with E-state index in [2.05, 4.69) is 16.0 Å². The molecule has 1 fully saturated rings. The molecule has 2 heterocycles. The molecule has 3 rings (SSSR count). The van der Waals surface area contributed by atoms with Gasteiger partial charge in [-0.15, -0.1) is 0 Å². The highest BCUT2D eigenvalue weighted by Crippen LogP contribution is 2.31. The number of amides is 2. The number of aryl methyl sites for hydroxylation is 1. The third-order valence-corrected chi connectivity index (χ3v) is 6.30. The molecule has 1 saturated heterocycles. The van der Waals surface area contributed by atoms with Crippen LogP contribution in [-0.2, 0) is 20.7 Å². The van der Waals surface area contributed by atoms with Crippen LogP contribution in [0, 0.1) is 5.92 Å². The number of hydroxylamine groups is 2. The summed E-state index contributed by atoms with van der Waals surface area (Å²) in [7, 11) is 0. The Kier molecular flexibility index (Phi) is 9.71. The molecule has 1 aromatic rings. The van der Waals surface area contributed by atoms with Crippen molar-refractivity contribution in [3.8, 4) is 5.75 Å². The van der Waals surface area contributed by atoms with E-state index in [1.807, 2.05) is 52.8 Å². The van der Waals surface area contributed by atoms with Gasteiger partial charge in [-0.1, -0.05) is 0 Å². The highest BCUT2D eigenvalue weighted by molar-refractivity contribution is 5.98. The smallest absolute Gasteiger partial charge is 0.431 e. The Morgan fingerprint density at radius 3 is 2.41 bits per heavy atom.